The van der Waals surface area contributed by atoms with Crippen LogP contribution in [0.3, 0.4) is 0 Å². The number of ketones is 1. The molecule has 0 amide bonds. The van der Waals surface area contributed by atoms with Crippen LogP contribution in [0.5, 0.6) is 0 Å². The molecule has 0 aromatic heterocycles. The van der Waals surface area contributed by atoms with Gasteiger partial charge >= 0.3 is 5.97 Å². The van der Waals surface area contributed by atoms with Crippen LogP contribution in [0.4, 0.5) is 0 Å². The third-order valence-electron chi connectivity index (χ3n) is 2.72. The SMILES string of the molecule is C=C(/C=C(\[O-])c1ccccc1)C(C(=O)CCl)C(=O)OCC. The van der Waals surface area contributed by atoms with Crippen molar-refractivity contribution in [2.45, 2.75) is 6.92 Å². The van der Waals surface area contributed by atoms with E-state index in [1.54, 1.807) is 37.3 Å². The Morgan fingerprint density at radius 2 is 2.00 bits per heavy atom. The summed E-state index contributed by atoms with van der Waals surface area (Å²) < 4.78 is 4.82. The molecule has 1 aromatic rings. The van der Waals surface area contributed by atoms with E-state index in [1.807, 2.05) is 0 Å². The second-order valence-electron chi connectivity index (χ2n) is 4.23. The van der Waals surface area contributed by atoms with Gasteiger partial charge in [-0.05, 0) is 18.1 Å². The summed E-state index contributed by atoms with van der Waals surface area (Å²) in [6.07, 6.45) is 1.17. The number of hydrogen-bond donors (Lipinski definition) is 0. The standard InChI is InChI=1S/C16H17ClO4/c1-3-21-16(20)15(14(19)10-17)11(2)9-13(18)12-7-5-4-6-8-12/h4-9,15,18H,2-3,10H2,1H3/p-1/b13-9-. The molecule has 0 aliphatic rings. The van der Waals surface area contributed by atoms with E-state index in [2.05, 4.69) is 6.58 Å². The first-order valence-corrected chi connectivity index (χ1v) is 6.93. The summed E-state index contributed by atoms with van der Waals surface area (Å²) in [5, 5.41) is 12.0. The van der Waals surface area contributed by atoms with Crippen LogP contribution in [0.25, 0.3) is 5.76 Å². The lowest BCUT2D eigenvalue weighted by Gasteiger charge is -2.17. The zero-order chi connectivity index (χ0) is 15.8. The van der Waals surface area contributed by atoms with Gasteiger partial charge in [0.15, 0.2) is 5.78 Å². The Labute approximate surface area is 128 Å². The second-order valence-corrected chi connectivity index (χ2v) is 4.50. The average Bonchev–Trinajstić information content (AvgIpc) is 2.48. The molecule has 1 unspecified atom stereocenters. The molecule has 0 heterocycles. The van der Waals surface area contributed by atoms with Gasteiger partial charge in [0.1, 0.15) is 5.92 Å². The molecule has 0 saturated carbocycles. The Hall–Kier alpha value is -2.07. The highest BCUT2D eigenvalue weighted by Gasteiger charge is 2.28. The predicted molar refractivity (Wildman–Crippen MR) is 79.4 cm³/mol. The van der Waals surface area contributed by atoms with Gasteiger partial charge < -0.3 is 9.84 Å². The van der Waals surface area contributed by atoms with Gasteiger partial charge in [0.25, 0.3) is 0 Å². The molecule has 1 atom stereocenters. The summed E-state index contributed by atoms with van der Waals surface area (Å²) >= 11 is 5.49. The molecular weight excluding hydrogens is 292 g/mol. The Kier molecular flexibility index (Phi) is 6.69. The summed E-state index contributed by atoms with van der Waals surface area (Å²) in [4.78, 5) is 23.6. The van der Waals surface area contributed by atoms with Crippen LogP contribution < -0.4 is 5.11 Å². The van der Waals surface area contributed by atoms with E-state index in [9.17, 15) is 14.7 Å². The number of Topliss-reactive ketones (excluding diaryl/α,β-unsaturated/α-hetero) is 1. The predicted octanol–water partition coefficient (Wildman–Crippen LogP) is 1.93. The van der Waals surface area contributed by atoms with Gasteiger partial charge in [-0.1, -0.05) is 43.0 Å². The van der Waals surface area contributed by atoms with Crippen LogP contribution in [-0.4, -0.2) is 24.2 Å². The quantitative estimate of drug-likeness (QED) is 0.254. The Morgan fingerprint density at radius 1 is 1.38 bits per heavy atom. The highest BCUT2D eigenvalue weighted by atomic mass is 35.5. The number of carbonyl (C=O) groups is 2. The lowest BCUT2D eigenvalue weighted by Crippen LogP contribution is -2.28. The number of allylic oxidation sites excluding steroid dienone is 1. The van der Waals surface area contributed by atoms with Gasteiger partial charge in [0.05, 0.1) is 12.5 Å². The molecule has 0 bridgehead atoms. The van der Waals surface area contributed by atoms with Crippen LogP contribution in [-0.2, 0) is 14.3 Å². The molecular formula is C16H16ClO4-. The fraction of sp³-hybridized carbons (Fsp3) is 0.250. The molecule has 0 radical (unpaired) electrons. The molecule has 0 spiro atoms. The molecule has 0 aliphatic heterocycles. The summed E-state index contributed by atoms with van der Waals surface area (Å²) in [6.45, 7) is 5.39. The molecule has 112 valence electrons. The zero-order valence-corrected chi connectivity index (χ0v) is 12.4. The maximum atomic E-state index is 12.0. The summed E-state index contributed by atoms with van der Waals surface area (Å²) in [5.74, 6) is -3.22. The van der Waals surface area contributed by atoms with Crippen molar-refractivity contribution in [3.63, 3.8) is 0 Å². The number of carbonyl (C=O) groups excluding carboxylic acids is 2. The maximum Gasteiger partial charge on any atom is 0.321 e. The first kappa shape index (κ1) is 17.0. The van der Waals surface area contributed by atoms with Gasteiger partial charge in [-0.15, -0.1) is 17.4 Å². The van der Waals surface area contributed by atoms with Crippen LogP contribution in [0.2, 0.25) is 0 Å². The minimum atomic E-state index is -1.24. The van der Waals surface area contributed by atoms with E-state index in [4.69, 9.17) is 16.3 Å². The van der Waals surface area contributed by atoms with E-state index in [-0.39, 0.29) is 23.8 Å². The fourth-order valence-electron chi connectivity index (χ4n) is 1.73. The van der Waals surface area contributed by atoms with Gasteiger partial charge in [-0.25, -0.2) is 0 Å². The van der Waals surface area contributed by atoms with Crippen LogP contribution in [0.15, 0.2) is 48.6 Å². The lowest BCUT2D eigenvalue weighted by molar-refractivity contribution is -0.243. The van der Waals surface area contributed by atoms with Crippen LogP contribution >= 0.6 is 11.6 Å². The molecule has 4 nitrogen and oxygen atoms in total. The van der Waals surface area contributed by atoms with Gasteiger partial charge in [0, 0.05) is 0 Å². The molecule has 0 saturated heterocycles. The van der Waals surface area contributed by atoms with Crippen LogP contribution in [0.1, 0.15) is 12.5 Å². The topological polar surface area (TPSA) is 66.4 Å². The number of hydrogen-bond acceptors (Lipinski definition) is 4. The van der Waals surface area contributed by atoms with E-state index in [1.165, 1.54) is 6.08 Å². The molecule has 5 heteroatoms. The van der Waals surface area contributed by atoms with Crippen molar-refractivity contribution < 1.29 is 19.4 Å². The molecule has 1 rings (SSSR count). The van der Waals surface area contributed by atoms with Crippen molar-refractivity contribution in [2.24, 2.45) is 5.92 Å². The van der Waals surface area contributed by atoms with Crippen molar-refractivity contribution in [3.8, 4) is 0 Å². The Morgan fingerprint density at radius 3 is 2.52 bits per heavy atom. The van der Waals surface area contributed by atoms with Gasteiger partial charge in [-0.3, -0.25) is 9.59 Å². The summed E-state index contributed by atoms with van der Waals surface area (Å²) in [5.41, 5.74) is 0.521. The van der Waals surface area contributed by atoms with Gasteiger partial charge in [0.2, 0.25) is 0 Å². The maximum absolute atomic E-state index is 12.0. The average molecular weight is 308 g/mol. The number of ether oxygens (including phenoxy) is 1. The number of halogens is 1. The van der Waals surface area contributed by atoms with Crippen molar-refractivity contribution in [3.05, 3.63) is 54.1 Å². The third kappa shape index (κ3) is 4.76. The highest BCUT2D eigenvalue weighted by Crippen LogP contribution is 2.19. The molecule has 0 aliphatic carbocycles. The minimum Gasteiger partial charge on any atom is -0.872 e. The fourth-order valence-corrected chi connectivity index (χ4v) is 1.88. The highest BCUT2D eigenvalue weighted by molar-refractivity contribution is 6.30. The second kappa shape index (κ2) is 8.27. The van der Waals surface area contributed by atoms with Crippen molar-refractivity contribution in [2.75, 3.05) is 12.5 Å². The monoisotopic (exact) mass is 307 g/mol. The smallest absolute Gasteiger partial charge is 0.321 e. The summed E-state index contributed by atoms with van der Waals surface area (Å²) in [6, 6.07) is 8.49. The molecule has 1 aromatic carbocycles. The Balaban J connectivity index is 3.01. The number of rotatable bonds is 7. The van der Waals surface area contributed by atoms with E-state index in [0.717, 1.165) is 0 Å². The van der Waals surface area contributed by atoms with Crippen molar-refractivity contribution >= 4 is 29.1 Å². The number of esters is 1. The molecule has 0 N–H and O–H groups in total. The van der Waals surface area contributed by atoms with E-state index >= 15 is 0 Å². The minimum absolute atomic E-state index is 0.0768. The lowest BCUT2D eigenvalue weighted by atomic mass is 9.95. The normalized spacial score (nSPS) is 12.6. The first-order valence-electron chi connectivity index (χ1n) is 6.39. The number of alkyl halides is 1. The van der Waals surface area contributed by atoms with Crippen LogP contribution in [0, 0.1) is 5.92 Å². The number of benzene rings is 1. The summed E-state index contributed by atoms with van der Waals surface area (Å²) in [7, 11) is 0. The van der Waals surface area contributed by atoms with E-state index < -0.39 is 17.7 Å². The zero-order valence-electron chi connectivity index (χ0n) is 11.7. The third-order valence-corrected chi connectivity index (χ3v) is 2.98. The van der Waals surface area contributed by atoms with Crippen molar-refractivity contribution in [1.29, 1.82) is 0 Å². The molecule has 0 fully saturated rings. The van der Waals surface area contributed by atoms with E-state index in [0.29, 0.717) is 5.56 Å². The van der Waals surface area contributed by atoms with Crippen molar-refractivity contribution in [1.82, 2.24) is 0 Å². The largest absolute Gasteiger partial charge is 0.872 e. The van der Waals surface area contributed by atoms with Gasteiger partial charge in [-0.2, -0.15) is 0 Å². The molecule has 21 heavy (non-hydrogen) atoms. The first-order chi connectivity index (χ1) is 10.0. The Bertz CT molecular complexity index is 549.